The number of rotatable bonds is 7. The van der Waals surface area contributed by atoms with Crippen LogP contribution in [-0.2, 0) is 9.53 Å². The first kappa shape index (κ1) is 26.4. The van der Waals surface area contributed by atoms with Crippen LogP contribution >= 0.6 is 24.0 Å². The van der Waals surface area contributed by atoms with E-state index in [9.17, 15) is 4.79 Å². The highest BCUT2D eigenvalue weighted by molar-refractivity contribution is 14.0. The number of hydrogen-bond acceptors (Lipinski definition) is 4. The third-order valence-electron chi connectivity index (χ3n) is 6.62. The summed E-state index contributed by atoms with van der Waals surface area (Å²) in [5.41, 5.74) is 2.12. The van der Waals surface area contributed by atoms with Gasteiger partial charge >= 0.3 is 0 Å². The molecule has 2 unspecified atom stereocenters. The monoisotopic (exact) mass is 577 g/mol. The van der Waals surface area contributed by atoms with E-state index in [0.29, 0.717) is 13.0 Å². The number of hydrogen-bond donors (Lipinski definition) is 3. The molecule has 184 valence electrons. The van der Waals surface area contributed by atoms with Crippen molar-refractivity contribution < 1.29 is 9.53 Å². The van der Waals surface area contributed by atoms with Crippen molar-refractivity contribution in [3.63, 3.8) is 0 Å². The van der Waals surface area contributed by atoms with E-state index >= 15 is 0 Å². The number of guanidine groups is 1. The van der Waals surface area contributed by atoms with Crippen LogP contribution in [-0.4, -0.2) is 56.8 Å². The summed E-state index contributed by atoms with van der Waals surface area (Å²) >= 11 is 0. The van der Waals surface area contributed by atoms with Crippen LogP contribution in [0.5, 0.6) is 0 Å². The molecule has 2 heterocycles. The third kappa shape index (κ3) is 6.70. The minimum absolute atomic E-state index is 0. The van der Waals surface area contributed by atoms with Gasteiger partial charge in [0.05, 0.1) is 6.04 Å². The maximum absolute atomic E-state index is 12.6. The van der Waals surface area contributed by atoms with Crippen LogP contribution in [0.3, 0.4) is 0 Å². The maximum Gasteiger partial charge on any atom is 0.229 e. The standard InChI is InChI=1S/C26H35N5O2.HI/c1-20(21-9-5-3-6-10-21)30-26(13-15-33-16-14-26)19-28-25(27-2)29-22-17-24(32)31(18-22)23-11-7-4-8-12-23;/h3-12,20,22,30H,13-19H2,1-2H3,(H2,27,28,29);1H. The lowest BCUT2D eigenvalue weighted by Gasteiger charge is -2.41. The van der Waals surface area contributed by atoms with Crippen LogP contribution in [0, 0.1) is 0 Å². The van der Waals surface area contributed by atoms with Gasteiger partial charge in [-0.1, -0.05) is 48.5 Å². The van der Waals surface area contributed by atoms with Crippen LogP contribution in [0.2, 0.25) is 0 Å². The predicted molar refractivity (Wildman–Crippen MR) is 148 cm³/mol. The molecule has 7 nitrogen and oxygen atoms in total. The van der Waals surface area contributed by atoms with Crippen molar-refractivity contribution in [2.45, 2.75) is 43.8 Å². The van der Waals surface area contributed by atoms with Gasteiger partial charge in [-0.15, -0.1) is 24.0 Å². The average Bonchev–Trinajstić information content (AvgIpc) is 3.23. The van der Waals surface area contributed by atoms with Crippen LogP contribution < -0.4 is 20.9 Å². The fourth-order valence-electron chi connectivity index (χ4n) is 4.72. The normalized spacial score (nSPS) is 21.0. The number of benzene rings is 2. The number of carbonyl (C=O) groups is 1. The van der Waals surface area contributed by atoms with Crippen molar-refractivity contribution in [1.82, 2.24) is 16.0 Å². The Bertz CT molecular complexity index is 935. The van der Waals surface area contributed by atoms with Gasteiger partial charge in [0.2, 0.25) is 5.91 Å². The Kier molecular flexibility index (Phi) is 9.73. The molecule has 34 heavy (non-hydrogen) atoms. The van der Waals surface area contributed by atoms with E-state index in [1.807, 2.05) is 41.3 Å². The fraction of sp³-hybridized carbons (Fsp3) is 0.462. The van der Waals surface area contributed by atoms with E-state index in [4.69, 9.17) is 4.74 Å². The van der Waals surface area contributed by atoms with Gasteiger partial charge in [-0.05, 0) is 37.5 Å². The summed E-state index contributed by atoms with van der Waals surface area (Å²) < 4.78 is 5.66. The topological polar surface area (TPSA) is 78.0 Å². The summed E-state index contributed by atoms with van der Waals surface area (Å²) in [6, 6.07) is 20.6. The molecule has 2 aromatic rings. The molecule has 2 fully saturated rings. The number of para-hydroxylation sites is 1. The number of ether oxygens (including phenoxy) is 1. The van der Waals surface area contributed by atoms with Crippen molar-refractivity contribution in [2.75, 3.05) is 38.3 Å². The molecule has 2 aliphatic heterocycles. The molecule has 2 aliphatic rings. The number of carbonyl (C=O) groups excluding carboxylic acids is 1. The highest BCUT2D eigenvalue weighted by Crippen LogP contribution is 2.25. The van der Waals surface area contributed by atoms with E-state index in [-0.39, 0.29) is 47.5 Å². The molecule has 0 bridgehead atoms. The van der Waals surface area contributed by atoms with Crippen LogP contribution in [0.25, 0.3) is 0 Å². The highest BCUT2D eigenvalue weighted by Gasteiger charge is 2.35. The number of anilines is 1. The summed E-state index contributed by atoms with van der Waals surface area (Å²) in [6.45, 7) is 5.06. The second-order valence-electron chi connectivity index (χ2n) is 8.98. The zero-order valence-electron chi connectivity index (χ0n) is 20.0. The highest BCUT2D eigenvalue weighted by atomic mass is 127. The molecule has 2 saturated heterocycles. The minimum Gasteiger partial charge on any atom is -0.381 e. The SMILES string of the molecule is CN=C(NCC1(NC(C)c2ccccc2)CCOCC1)NC1CC(=O)N(c2ccccc2)C1.I. The summed E-state index contributed by atoms with van der Waals surface area (Å²) in [5, 5.41) is 10.8. The zero-order valence-corrected chi connectivity index (χ0v) is 22.3. The second kappa shape index (κ2) is 12.5. The third-order valence-corrected chi connectivity index (χ3v) is 6.62. The Balaban J connectivity index is 0.00000324. The van der Waals surface area contributed by atoms with Gasteiger partial charge in [0.25, 0.3) is 0 Å². The van der Waals surface area contributed by atoms with Crippen molar-refractivity contribution in [3.8, 4) is 0 Å². The number of nitrogens with zero attached hydrogens (tertiary/aromatic N) is 2. The predicted octanol–water partition coefficient (Wildman–Crippen LogP) is 3.47. The fourth-order valence-corrected chi connectivity index (χ4v) is 4.72. The van der Waals surface area contributed by atoms with Crippen molar-refractivity contribution in [3.05, 3.63) is 66.2 Å². The van der Waals surface area contributed by atoms with E-state index in [2.05, 4.69) is 52.1 Å². The molecule has 0 aliphatic carbocycles. The Morgan fingerprint density at radius 2 is 1.76 bits per heavy atom. The van der Waals surface area contributed by atoms with Gasteiger partial charge in [-0.25, -0.2) is 0 Å². The summed E-state index contributed by atoms with van der Waals surface area (Å²) in [6.07, 6.45) is 2.31. The molecular weight excluding hydrogens is 541 g/mol. The molecule has 2 atom stereocenters. The quantitative estimate of drug-likeness (QED) is 0.267. The van der Waals surface area contributed by atoms with Crippen LogP contribution in [0.1, 0.15) is 37.8 Å². The first-order chi connectivity index (χ1) is 16.1. The molecule has 1 amide bonds. The van der Waals surface area contributed by atoms with Gasteiger partial charge < -0.3 is 25.6 Å². The molecule has 3 N–H and O–H groups in total. The summed E-state index contributed by atoms with van der Waals surface area (Å²) in [7, 11) is 1.78. The molecule has 0 radical (unpaired) electrons. The molecule has 0 spiro atoms. The molecular formula is C26H36IN5O2. The Hall–Kier alpha value is -2.17. The van der Waals surface area contributed by atoms with Crippen molar-refractivity contribution in [1.29, 1.82) is 0 Å². The Labute approximate surface area is 219 Å². The number of aliphatic imine (C=N–C) groups is 1. The number of nitrogens with one attached hydrogen (secondary N) is 3. The van der Waals surface area contributed by atoms with Gasteiger partial charge in [0.1, 0.15) is 0 Å². The van der Waals surface area contributed by atoms with E-state index in [1.165, 1.54) is 5.56 Å². The van der Waals surface area contributed by atoms with Gasteiger partial charge in [-0.3, -0.25) is 9.79 Å². The van der Waals surface area contributed by atoms with Gasteiger partial charge in [0.15, 0.2) is 5.96 Å². The van der Waals surface area contributed by atoms with Crippen LogP contribution in [0.15, 0.2) is 65.7 Å². The lowest BCUT2D eigenvalue weighted by Crippen LogP contribution is -2.59. The van der Waals surface area contributed by atoms with E-state index < -0.39 is 0 Å². The van der Waals surface area contributed by atoms with E-state index in [0.717, 1.165) is 44.2 Å². The van der Waals surface area contributed by atoms with Crippen molar-refractivity contribution in [2.24, 2.45) is 4.99 Å². The first-order valence-electron chi connectivity index (χ1n) is 11.8. The number of halogens is 1. The Morgan fingerprint density at radius 1 is 1.12 bits per heavy atom. The van der Waals surface area contributed by atoms with E-state index in [1.54, 1.807) is 7.05 Å². The second-order valence-corrected chi connectivity index (χ2v) is 8.98. The number of amides is 1. The molecule has 2 aromatic carbocycles. The summed E-state index contributed by atoms with van der Waals surface area (Å²) in [5.74, 6) is 0.858. The average molecular weight is 578 g/mol. The Morgan fingerprint density at radius 3 is 2.41 bits per heavy atom. The minimum atomic E-state index is -0.0906. The largest absolute Gasteiger partial charge is 0.381 e. The zero-order chi connectivity index (χ0) is 23.1. The first-order valence-corrected chi connectivity index (χ1v) is 11.8. The van der Waals surface area contributed by atoms with Crippen molar-refractivity contribution >= 4 is 41.5 Å². The molecule has 0 aromatic heterocycles. The molecule has 4 rings (SSSR count). The molecule has 0 saturated carbocycles. The smallest absolute Gasteiger partial charge is 0.229 e. The summed E-state index contributed by atoms with van der Waals surface area (Å²) in [4.78, 5) is 18.8. The molecule has 8 heteroatoms. The van der Waals surface area contributed by atoms with Crippen LogP contribution in [0.4, 0.5) is 5.69 Å². The van der Waals surface area contributed by atoms with Gasteiger partial charge in [-0.2, -0.15) is 0 Å². The lowest BCUT2D eigenvalue weighted by atomic mass is 9.88. The maximum atomic E-state index is 12.6. The lowest BCUT2D eigenvalue weighted by molar-refractivity contribution is -0.117. The van der Waals surface area contributed by atoms with Gasteiger partial charge in [0, 0.05) is 57.0 Å².